The Morgan fingerprint density at radius 2 is 2.30 bits per heavy atom. The molecule has 0 aromatic heterocycles. The van der Waals surface area contributed by atoms with Gasteiger partial charge in [0.2, 0.25) is 0 Å². The Morgan fingerprint density at radius 1 is 1.50 bits per heavy atom. The van der Waals surface area contributed by atoms with Crippen molar-refractivity contribution in [1.29, 1.82) is 0 Å². The van der Waals surface area contributed by atoms with Gasteiger partial charge in [0.1, 0.15) is 5.82 Å². The number of methoxy groups -OCH3 is 1. The molecule has 2 heterocycles. The number of halogens is 1. The zero-order chi connectivity index (χ0) is 14.3. The lowest BCUT2D eigenvalue weighted by Crippen LogP contribution is -2.54. The van der Waals surface area contributed by atoms with E-state index in [9.17, 15) is 9.18 Å². The Bertz CT molecular complexity index is 535. The quantitative estimate of drug-likeness (QED) is 0.791. The summed E-state index contributed by atoms with van der Waals surface area (Å²) < 4.78 is 18.6. The van der Waals surface area contributed by atoms with E-state index in [4.69, 9.17) is 4.74 Å². The first kappa shape index (κ1) is 13.4. The summed E-state index contributed by atoms with van der Waals surface area (Å²) in [5.74, 6) is -0.855. The molecule has 1 fully saturated rings. The van der Waals surface area contributed by atoms with Crippen LogP contribution in [0.1, 0.15) is 17.9 Å². The number of benzene rings is 1. The highest BCUT2D eigenvalue weighted by atomic mass is 19.1. The molecule has 1 saturated heterocycles. The van der Waals surface area contributed by atoms with E-state index >= 15 is 0 Å². The number of nitrogens with zero attached hydrogens (tertiary/aromatic N) is 1. The fourth-order valence-electron chi connectivity index (χ4n) is 3.62. The topological polar surface area (TPSA) is 41.6 Å². The molecule has 3 rings (SSSR count). The number of hydrogen-bond acceptors (Lipinski definition) is 4. The number of fused-ring (bicyclic) bond motifs is 2. The number of piperidine rings is 1. The van der Waals surface area contributed by atoms with Crippen molar-refractivity contribution in [2.75, 3.05) is 32.1 Å². The van der Waals surface area contributed by atoms with Crippen molar-refractivity contribution in [1.82, 2.24) is 5.32 Å². The number of carbonyl (C=O) groups is 1. The van der Waals surface area contributed by atoms with Crippen molar-refractivity contribution in [3.63, 3.8) is 0 Å². The molecule has 0 radical (unpaired) electrons. The third-order valence-corrected chi connectivity index (χ3v) is 4.58. The van der Waals surface area contributed by atoms with Gasteiger partial charge in [-0.15, -0.1) is 0 Å². The zero-order valence-corrected chi connectivity index (χ0v) is 11.7. The van der Waals surface area contributed by atoms with Crippen LogP contribution in [0.4, 0.5) is 10.1 Å². The Morgan fingerprint density at radius 3 is 3.05 bits per heavy atom. The van der Waals surface area contributed by atoms with Crippen LogP contribution in [0.15, 0.2) is 18.2 Å². The molecule has 1 N–H and O–H groups in total. The van der Waals surface area contributed by atoms with Gasteiger partial charge >= 0.3 is 5.97 Å². The molecule has 3 atom stereocenters. The second-order valence-electron chi connectivity index (χ2n) is 5.54. The minimum Gasteiger partial charge on any atom is -0.469 e. The molecule has 5 heteroatoms. The molecule has 108 valence electrons. The molecule has 2 aliphatic rings. The molecule has 20 heavy (non-hydrogen) atoms. The molecule has 1 aromatic rings. The monoisotopic (exact) mass is 278 g/mol. The van der Waals surface area contributed by atoms with Crippen LogP contribution in [0.5, 0.6) is 0 Å². The summed E-state index contributed by atoms with van der Waals surface area (Å²) >= 11 is 0. The SMILES string of the molecule is COC(=O)C1c2cc(F)ccc2N(C)C2CCNCC12. The molecule has 0 amide bonds. The van der Waals surface area contributed by atoms with Crippen molar-refractivity contribution >= 4 is 11.7 Å². The summed E-state index contributed by atoms with van der Waals surface area (Å²) in [6, 6.07) is 4.97. The first-order valence-corrected chi connectivity index (χ1v) is 6.94. The van der Waals surface area contributed by atoms with E-state index in [1.54, 1.807) is 6.07 Å². The Kier molecular flexibility index (Phi) is 3.38. The highest BCUT2D eigenvalue weighted by Gasteiger charge is 2.44. The molecule has 0 saturated carbocycles. The minimum atomic E-state index is -0.389. The second kappa shape index (κ2) is 5.05. The van der Waals surface area contributed by atoms with Crippen molar-refractivity contribution in [2.24, 2.45) is 5.92 Å². The summed E-state index contributed by atoms with van der Waals surface area (Å²) in [6.07, 6.45) is 0.978. The third kappa shape index (κ3) is 1.97. The number of rotatable bonds is 1. The van der Waals surface area contributed by atoms with E-state index in [-0.39, 0.29) is 23.6 Å². The molecule has 1 aromatic carbocycles. The predicted octanol–water partition coefficient (Wildman–Crippen LogP) is 1.51. The van der Waals surface area contributed by atoms with E-state index < -0.39 is 0 Å². The summed E-state index contributed by atoms with van der Waals surface area (Å²) in [7, 11) is 3.41. The fraction of sp³-hybridized carbons (Fsp3) is 0.533. The summed E-state index contributed by atoms with van der Waals surface area (Å²) in [4.78, 5) is 14.4. The van der Waals surface area contributed by atoms with E-state index in [1.165, 1.54) is 19.2 Å². The lowest BCUT2D eigenvalue weighted by Gasteiger charge is -2.47. The summed E-state index contributed by atoms with van der Waals surface area (Å²) in [6.45, 7) is 1.70. The van der Waals surface area contributed by atoms with Gasteiger partial charge in [0.05, 0.1) is 13.0 Å². The molecule has 3 unspecified atom stereocenters. The number of anilines is 1. The van der Waals surface area contributed by atoms with Gasteiger partial charge in [0, 0.05) is 31.2 Å². The zero-order valence-electron chi connectivity index (χ0n) is 11.7. The van der Waals surface area contributed by atoms with E-state index in [2.05, 4.69) is 10.2 Å². The third-order valence-electron chi connectivity index (χ3n) is 4.58. The van der Waals surface area contributed by atoms with Crippen LogP contribution in [0.3, 0.4) is 0 Å². The average molecular weight is 278 g/mol. The lowest BCUT2D eigenvalue weighted by atomic mass is 9.74. The highest BCUT2D eigenvalue weighted by molar-refractivity contribution is 5.83. The van der Waals surface area contributed by atoms with Gasteiger partial charge in [-0.3, -0.25) is 4.79 Å². The van der Waals surface area contributed by atoms with Gasteiger partial charge in [-0.05, 0) is 36.7 Å². The van der Waals surface area contributed by atoms with Gasteiger partial charge in [-0.2, -0.15) is 0 Å². The van der Waals surface area contributed by atoms with Crippen LogP contribution < -0.4 is 10.2 Å². The number of carbonyl (C=O) groups excluding carboxylic acids is 1. The predicted molar refractivity (Wildman–Crippen MR) is 74.3 cm³/mol. The van der Waals surface area contributed by atoms with E-state index in [0.717, 1.165) is 30.8 Å². The summed E-state index contributed by atoms with van der Waals surface area (Å²) in [5.41, 5.74) is 1.68. The Labute approximate surface area is 117 Å². The first-order chi connectivity index (χ1) is 9.63. The number of esters is 1. The lowest BCUT2D eigenvalue weighted by molar-refractivity contribution is -0.144. The standard InChI is InChI=1S/C15H19FN2O2/c1-18-12-4-3-9(16)7-10(12)14(15(19)20-2)11-8-17-6-5-13(11)18/h3-4,7,11,13-14,17H,5-6,8H2,1-2H3. The number of hydrogen-bond donors (Lipinski definition) is 1. The van der Waals surface area contributed by atoms with Crippen molar-refractivity contribution in [3.05, 3.63) is 29.6 Å². The van der Waals surface area contributed by atoms with Gasteiger partial charge in [-0.25, -0.2) is 4.39 Å². The van der Waals surface area contributed by atoms with Crippen LogP contribution in [0.2, 0.25) is 0 Å². The maximum Gasteiger partial charge on any atom is 0.313 e. The Hall–Kier alpha value is -1.62. The summed E-state index contributed by atoms with van der Waals surface area (Å²) in [5, 5.41) is 3.33. The van der Waals surface area contributed by atoms with Crippen LogP contribution >= 0.6 is 0 Å². The molecule has 0 spiro atoms. The average Bonchev–Trinajstić information content (AvgIpc) is 2.47. The van der Waals surface area contributed by atoms with Gasteiger partial charge in [0.15, 0.2) is 0 Å². The van der Waals surface area contributed by atoms with Crippen LogP contribution in [0.25, 0.3) is 0 Å². The van der Waals surface area contributed by atoms with Crippen LogP contribution in [0, 0.1) is 11.7 Å². The molecule has 0 aliphatic carbocycles. The van der Waals surface area contributed by atoms with Crippen molar-refractivity contribution in [2.45, 2.75) is 18.4 Å². The molecular weight excluding hydrogens is 259 g/mol. The largest absolute Gasteiger partial charge is 0.469 e. The normalized spacial score (nSPS) is 28.6. The van der Waals surface area contributed by atoms with Gasteiger partial charge in [-0.1, -0.05) is 0 Å². The Balaban J connectivity index is 2.12. The number of nitrogens with one attached hydrogen (secondary N) is 1. The smallest absolute Gasteiger partial charge is 0.313 e. The molecule has 4 nitrogen and oxygen atoms in total. The van der Waals surface area contributed by atoms with Crippen LogP contribution in [-0.4, -0.2) is 39.3 Å². The molecular formula is C15H19FN2O2. The number of ether oxygens (including phenoxy) is 1. The van der Waals surface area contributed by atoms with Gasteiger partial charge < -0.3 is 15.0 Å². The maximum atomic E-state index is 13.6. The molecule has 2 aliphatic heterocycles. The van der Waals surface area contributed by atoms with Crippen molar-refractivity contribution < 1.29 is 13.9 Å². The van der Waals surface area contributed by atoms with Crippen molar-refractivity contribution in [3.8, 4) is 0 Å². The second-order valence-corrected chi connectivity index (χ2v) is 5.54. The maximum absolute atomic E-state index is 13.6. The van der Waals surface area contributed by atoms with E-state index in [1.807, 2.05) is 7.05 Å². The van der Waals surface area contributed by atoms with Crippen LogP contribution in [-0.2, 0) is 9.53 Å². The molecule has 0 bridgehead atoms. The highest BCUT2D eigenvalue weighted by Crippen LogP contribution is 2.44. The first-order valence-electron chi connectivity index (χ1n) is 6.94. The van der Waals surface area contributed by atoms with Gasteiger partial charge in [0.25, 0.3) is 0 Å². The van der Waals surface area contributed by atoms with E-state index in [0.29, 0.717) is 6.04 Å². The fourth-order valence-corrected chi connectivity index (χ4v) is 3.62. The minimum absolute atomic E-state index is 0.121.